The fourth-order valence-corrected chi connectivity index (χ4v) is 2.39. The number of carbonyl (C=O) groups excluding carboxylic acids is 1. The number of carbonyl (C=O) groups is 2. The van der Waals surface area contributed by atoms with E-state index in [1.807, 2.05) is 13.8 Å². The van der Waals surface area contributed by atoms with Crippen molar-refractivity contribution in [1.29, 1.82) is 0 Å². The average Bonchev–Trinajstić information content (AvgIpc) is 2.67. The minimum absolute atomic E-state index is 0.120. The number of nitrogens with one attached hydrogen (secondary N) is 2. The zero-order valence-corrected chi connectivity index (χ0v) is 12.0. The highest BCUT2D eigenvalue weighted by molar-refractivity contribution is 7.15. The summed E-state index contributed by atoms with van der Waals surface area (Å²) in [6.07, 6.45) is 0. The van der Waals surface area contributed by atoms with Crippen LogP contribution in [0.4, 0.5) is 20.0 Å². The highest BCUT2D eigenvalue weighted by atomic mass is 32.1. The molecule has 1 aromatic carbocycles. The number of aryl methyl sites for hydroxylation is 2. The van der Waals surface area contributed by atoms with Gasteiger partial charge in [0.15, 0.2) is 5.13 Å². The van der Waals surface area contributed by atoms with Crippen LogP contribution in [0.5, 0.6) is 0 Å². The Morgan fingerprint density at radius 3 is 2.57 bits per heavy atom. The van der Waals surface area contributed by atoms with Crippen LogP contribution in [0.3, 0.4) is 0 Å². The number of thiazole rings is 1. The van der Waals surface area contributed by atoms with Crippen LogP contribution in [-0.4, -0.2) is 22.1 Å². The first kappa shape index (κ1) is 14.9. The molecule has 0 aliphatic heterocycles. The fraction of sp³-hybridized carbons (Fsp3) is 0.154. The van der Waals surface area contributed by atoms with Gasteiger partial charge >= 0.3 is 12.0 Å². The Labute approximate surface area is 123 Å². The summed E-state index contributed by atoms with van der Waals surface area (Å²) in [5, 5.41) is 14.2. The van der Waals surface area contributed by atoms with Crippen LogP contribution < -0.4 is 10.6 Å². The molecule has 0 spiro atoms. The molecule has 0 atom stereocenters. The molecule has 21 heavy (non-hydrogen) atoms. The number of hydrogen-bond donors (Lipinski definition) is 3. The highest BCUT2D eigenvalue weighted by Crippen LogP contribution is 2.22. The summed E-state index contributed by atoms with van der Waals surface area (Å²) in [5.41, 5.74) is 0.482. The Bertz CT molecular complexity index is 695. The monoisotopic (exact) mass is 309 g/mol. The van der Waals surface area contributed by atoms with Gasteiger partial charge in [0.2, 0.25) is 0 Å². The minimum atomic E-state index is -1.26. The van der Waals surface area contributed by atoms with Crippen molar-refractivity contribution in [1.82, 2.24) is 4.98 Å². The van der Waals surface area contributed by atoms with Crippen molar-refractivity contribution >= 4 is 34.2 Å². The van der Waals surface area contributed by atoms with E-state index in [1.165, 1.54) is 11.3 Å². The lowest BCUT2D eigenvalue weighted by atomic mass is 10.2. The van der Waals surface area contributed by atoms with Gasteiger partial charge in [0.05, 0.1) is 16.9 Å². The number of benzene rings is 1. The summed E-state index contributed by atoms with van der Waals surface area (Å²) >= 11 is 1.29. The molecule has 0 unspecified atom stereocenters. The Hall–Kier alpha value is -2.48. The maximum Gasteiger partial charge on any atom is 0.337 e. The SMILES string of the molecule is Cc1nc(NC(=O)Nc2cc(F)ccc2C(=O)O)sc1C. The first-order valence-electron chi connectivity index (χ1n) is 5.91. The van der Waals surface area contributed by atoms with E-state index >= 15 is 0 Å². The third kappa shape index (κ3) is 3.54. The van der Waals surface area contributed by atoms with Crippen molar-refractivity contribution in [3.8, 4) is 0 Å². The van der Waals surface area contributed by atoms with Gasteiger partial charge in [-0.25, -0.2) is 19.0 Å². The number of urea groups is 1. The Morgan fingerprint density at radius 1 is 1.29 bits per heavy atom. The summed E-state index contributed by atoms with van der Waals surface area (Å²) in [5.74, 6) is -1.90. The van der Waals surface area contributed by atoms with Crippen molar-refractivity contribution < 1.29 is 19.1 Å². The number of rotatable bonds is 3. The molecule has 0 aliphatic carbocycles. The van der Waals surface area contributed by atoms with Crippen LogP contribution in [0.15, 0.2) is 18.2 Å². The number of aromatic nitrogens is 1. The molecule has 0 saturated carbocycles. The molecule has 1 heterocycles. The van der Waals surface area contributed by atoms with Crippen LogP contribution in [0, 0.1) is 19.7 Å². The summed E-state index contributed by atoms with van der Waals surface area (Å²) in [7, 11) is 0. The topological polar surface area (TPSA) is 91.3 Å². The lowest BCUT2D eigenvalue weighted by Gasteiger charge is -2.08. The fourth-order valence-electron chi connectivity index (χ4n) is 1.58. The van der Waals surface area contributed by atoms with Crippen molar-refractivity contribution in [2.45, 2.75) is 13.8 Å². The summed E-state index contributed by atoms with van der Waals surface area (Å²) < 4.78 is 13.2. The van der Waals surface area contributed by atoms with Gasteiger partial charge in [-0.15, -0.1) is 11.3 Å². The normalized spacial score (nSPS) is 10.2. The van der Waals surface area contributed by atoms with Crippen LogP contribution in [0.25, 0.3) is 0 Å². The molecule has 0 fully saturated rings. The molecule has 110 valence electrons. The number of amides is 2. The second kappa shape index (κ2) is 5.88. The van der Waals surface area contributed by atoms with Gasteiger partial charge in [0, 0.05) is 4.88 Å². The maximum atomic E-state index is 13.2. The largest absolute Gasteiger partial charge is 0.478 e. The van der Waals surface area contributed by atoms with Crippen LogP contribution >= 0.6 is 11.3 Å². The summed E-state index contributed by atoms with van der Waals surface area (Å²) in [4.78, 5) is 27.9. The van der Waals surface area contributed by atoms with Gasteiger partial charge in [-0.1, -0.05) is 0 Å². The maximum absolute atomic E-state index is 13.2. The summed E-state index contributed by atoms with van der Waals surface area (Å²) in [6.45, 7) is 3.68. The lowest BCUT2D eigenvalue weighted by Crippen LogP contribution is -2.21. The zero-order chi connectivity index (χ0) is 15.6. The van der Waals surface area contributed by atoms with E-state index in [9.17, 15) is 14.0 Å². The second-order valence-electron chi connectivity index (χ2n) is 4.23. The van der Waals surface area contributed by atoms with Crippen molar-refractivity contribution in [2.24, 2.45) is 0 Å². The molecule has 0 radical (unpaired) electrons. The molecular formula is C13H12FN3O3S. The number of halogens is 1. The van der Waals surface area contributed by atoms with E-state index in [-0.39, 0.29) is 11.3 Å². The third-order valence-corrected chi connectivity index (χ3v) is 3.70. The minimum Gasteiger partial charge on any atom is -0.478 e. The first-order valence-corrected chi connectivity index (χ1v) is 6.73. The molecule has 1 aromatic heterocycles. The van der Waals surface area contributed by atoms with E-state index in [2.05, 4.69) is 15.6 Å². The predicted molar refractivity (Wildman–Crippen MR) is 77.6 cm³/mol. The standard InChI is InChI=1S/C13H12FN3O3S/c1-6-7(2)21-13(15-6)17-12(20)16-10-5-8(14)3-4-9(10)11(18)19/h3-5H,1-2H3,(H,18,19)(H2,15,16,17,20). The quantitative estimate of drug-likeness (QED) is 0.811. The number of aromatic carboxylic acids is 1. The number of nitrogens with zero attached hydrogens (tertiary/aromatic N) is 1. The van der Waals surface area contributed by atoms with Gasteiger partial charge < -0.3 is 10.4 Å². The number of anilines is 2. The lowest BCUT2D eigenvalue weighted by molar-refractivity contribution is 0.0698. The van der Waals surface area contributed by atoms with Gasteiger partial charge in [0.1, 0.15) is 5.82 Å². The highest BCUT2D eigenvalue weighted by Gasteiger charge is 2.14. The number of carboxylic acid groups (broad SMARTS) is 1. The summed E-state index contributed by atoms with van der Waals surface area (Å²) in [6, 6.07) is 2.36. The van der Waals surface area contributed by atoms with Crippen LogP contribution in [0.2, 0.25) is 0 Å². The molecule has 2 amide bonds. The second-order valence-corrected chi connectivity index (χ2v) is 5.44. The number of hydrogen-bond acceptors (Lipinski definition) is 4. The predicted octanol–water partition coefficient (Wildman–Crippen LogP) is 3.24. The molecule has 0 aliphatic rings. The van der Waals surface area contributed by atoms with E-state index in [0.717, 1.165) is 28.8 Å². The zero-order valence-electron chi connectivity index (χ0n) is 11.2. The van der Waals surface area contributed by atoms with E-state index in [1.54, 1.807) is 0 Å². The first-order chi connectivity index (χ1) is 9.86. The molecule has 0 saturated heterocycles. The van der Waals surface area contributed by atoms with E-state index in [4.69, 9.17) is 5.11 Å². The van der Waals surface area contributed by atoms with Crippen molar-refractivity contribution in [3.63, 3.8) is 0 Å². The number of carboxylic acids is 1. The van der Waals surface area contributed by atoms with Crippen LogP contribution in [-0.2, 0) is 0 Å². The molecule has 0 bridgehead atoms. The molecule has 6 nitrogen and oxygen atoms in total. The van der Waals surface area contributed by atoms with Crippen molar-refractivity contribution in [3.05, 3.63) is 40.2 Å². The van der Waals surface area contributed by atoms with Crippen molar-refractivity contribution in [2.75, 3.05) is 10.6 Å². The molecule has 8 heteroatoms. The van der Waals surface area contributed by atoms with Gasteiger partial charge in [-0.2, -0.15) is 0 Å². The molecule has 2 aromatic rings. The van der Waals surface area contributed by atoms with Gasteiger partial charge in [0.25, 0.3) is 0 Å². The molecule has 2 rings (SSSR count). The average molecular weight is 309 g/mol. The van der Waals surface area contributed by atoms with Gasteiger partial charge in [-0.05, 0) is 32.0 Å². The third-order valence-electron chi connectivity index (χ3n) is 2.71. The molecule has 3 N–H and O–H groups in total. The Kier molecular flexibility index (Phi) is 4.18. The van der Waals surface area contributed by atoms with Crippen LogP contribution in [0.1, 0.15) is 20.9 Å². The Balaban J connectivity index is 2.16. The van der Waals surface area contributed by atoms with E-state index < -0.39 is 17.8 Å². The Morgan fingerprint density at radius 2 is 2.00 bits per heavy atom. The van der Waals surface area contributed by atoms with E-state index in [0.29, 0.717) is 5.13 Å². The molecular weight excluding hydrogens is 297 g/mol. The smallest absolute Gasteiger partial charge is 0.337 e. The van der Waals surface area contributed by atoms with Gasteiger partial charge in [-0.3, -0.25) is 5.32 Å².